The van der Waals surface area contributed by atoms with Gasteiger partial charge in [0.1, 0.15) is 12.6 Å². The monoisotopic (exact) mass is 336 g/mol. The number of carboxylic acids is 1. The maximum absolute atomic E-state index is 11.7. The van der Waals surface area contributed by atoms with Crippen LogP contribution in [0, 0.1) is 0 Å². The third kappa shape index (κ3) is 7.78. The summed E-state index contributed by atoms with van der Waals surface area (Å²) in [5.74, 6) is -2.74. The minimum Gasteiger partial charge on any atom is -0.548 e. The molecule has 9 heteroatoms. The lowest BCUT2D eigenvalue weighted by atomic mass is 10.2. The van der Waals surface area contributed by atoms with Crippen molar-refractivity contribution in [2.45, 2.75) is 19.6 Å². The number of aliphatic carboxylic acids is 1. The number of carbonyl (C=O) groups excluding carboxylic acids is 4. The highest BCUT2D eigenvalue weighted by molar-refractivity contribution is 5.89. The molecule has 3 amide bonds. The zero-order valence-corrected chi connectivity index (χ0v) is 13.0. The van der Waals surface area contributed by atoms with Crippen LogP contribution in [0.5, 0.6) is 0 Å². The van der Waals surface area contributed by atoms with Crippen LogP contribution in [0.2, 0.25) is 0 Å². The molecule has 0 bridgehead atoms. The molecule has 24 heavy (non-hydrogen) atoms. The topological polar surface area (TPSA) is 137 Å². The van der Waals surface area contributed by atoms with Crippen molar-refractivity contribution in [2.24, 2.45) is 0 Å². The van der Waals surface area contributed by atoms with Gasteiger partial charge in [0.15, 0.2) is 0 Å². The lowest BCUT2D eigenvalue weighted by Crippen LogP contribution is -2.48. The van der Waals surface area contributed by atoms with Crippen molar-refractivity contribution in [2.75, 3.05) is 13.1 Å². The van der Waals surface area contributed by atoms with Gasteiger partial charge in [0.25, 0.3) is 0 Å². The van der Waals surface area contributed by atoms with Gasteiger partial charge in [0, 0.05) is 0 Å². The summed E-state index contributed by atoms with van der Waals surface area (Å²) in [6, 6.07) is 8.08. The summed E-state index contributed by atoms with van der Waals surface area (Å²) in [7, 11) is 0. The number of hydrogen-bond donors (Lipinski definition) is 3. The van der Waals surface area contributed by atoms with Gasteiger partial charge in [0.05, 0.1) is 19.1 Å². The van der Waals surface area contributed by atoms with Gasteiger partial charge in [-0.1, -0.05) is 30.3 Å². The van der Waals surface area contributed by atoms with Crippen LogP contribution in [0.3, 0.4) is 0 Å². The first kappa shape index (κ1) is 18.9. The molecule has 0 unspecified atom stereocenters. The van der Waals surface area contributed by atoms with Crippen molar-refractivity contribution in [3.63, 3.8) is 0 Å². The molecule has 0 saturated carbocycles. The molecule has 1 atom stereocenters. The summed E-state index contributed by atoms with van der Waals surface area (Å²) in [5, 5.41) is 16.8. The summed E-state index contributed by atoms with van der Waals surface area (Å²) >= 11 is 0. The number of ether oxygens (including phenoxy) is 1. The average molecular weight is 336 g/mol. The number of hydrogen-bond acceptors (Lipinski definition) is 6. The second kappa shape index (κ2) is 9.82. The maximum atomic E-state index is 11.7. The van der Waals surface area contributed by atoms with Crippen LogP contribution in [0.15, 0.2) is 30.3 Å². The van der Waals surface area contributed by atoms with E-state index in [0.29, 0.717) is 0 Å². The van der Waals surface area contributed by atoms with Crippen molar-refractivity contribution >= 4 is 23.9 Å². The van der Waals surface area contributed by atoms with Crippen LogP contribution >= 0.6 is 0 Å². The standard InChI is InChI=1S/C15H19N3O6/c1-10(14(22)17-7-12(19)16-8-13(20)21)18-15(23)24-9-11-5-3-2-4-6-11/h2-6,10H,7-9H2,1H3,(H,16,19)(H,17,22)(H,18,23)(H,20,21)/p-1/t10-/m0/s1. The van der Waals surface area contributed by atoms with E-state index in [2.05, 4.69) is 10.6 Å². The van der Waals surface area contributed by atoms with E-state index >= 15 is 0 Å². The van der Waals surface area contributed by atoms with Gasteiger partial charge >= 0.3 is 6.09 Å². The number of benzene rings is 1. The molecular formula is C15H18N3O6-. The Labute approximate surface area is 138 Å². The van der Waals surface area contributed by atoms with E-state index in [0.717, 1.165) is 5.56 Å². The Morgan fingerprint density at radius 2 is 1.75 bits per heavy atom. The van der Waals surface area contributed by atoms with Crippen molar-refractivity contribution in [1.82, 2.24) is 16.0 Å². The molecule has 0 radical (unpaired) electrons. The lowest BCUT2D eigenvalue weighted by molar-refractivity contribution is -0.304. The van der Waals surface area contributed by atoms with Crippen LogP contribution in [-0.4, -0.2) is 43.0 Å². The van der Waals surface area contributed by atoms with Gasteiger partial charge in [-0.3, -0.25) is 9.59 Å². The molecule has 1 aromatic rings. The molecule has 1 rings (SSSR count). The summed E-state index contributed by atoms with van der Waals surface area (Å²) < 4.78 is 4.96. The highest BCUT2D eigenvalue weighted by Gasteiger charge is 2.17. The van der Waals surface area contributed by atoms with E-state index in [1.807, 2.05) is 11.4 Å². The van der Waals surface area contributed by atoms with E-state index in [1.54, 1.807) is 24.3 Å². The average Bonchev–Trinajstić information content (AvgIpc) is 2.56. The maximum Gasteiger partial charge on any atom is 0.408 e. The first-order valence-electron chi connectivity index (χ1n) is 7.10. The van der Waals surface area contributed by atoms with E-state index < -0.39 is 43.0 Å². The first-order chi connectivity index (χ1) is 11.4. The van der Waals surface area contributed by atoms with Gasteiger partial charge in [-0.25, -0.2) is 4.79 Å². The highest BCUT2D eigenvalue weighted by Crippen LogP contribution is 2.00. The number of rotatable bonds is 8. The molecule has 0 fully saturated rings. The van der Waals surface area contributed by atoms with Crippen molar-refractivity contribution < 1.29 is 29.0 Å². The smallest absolute Gasteiger partial charge is 0.408 e. The fourth-order valence-corrected chi connectivity index (χ4v) is 1.56. The van der Waals surface area contributed by atoms with Crippen LogP contribution in [-0.2, 0) is 25.7 Å². The van der Waals surface area contributed by atoms with Crippen LogP contribution in [0.1, 0.15) is 12.5 Å². The SMILES string of the molecule is C[C@H](NC(=O)OCc1ccccc1)C(=O)NCC(=O)NCC(=O)[O-]. The first-order valence-corrected chi connectivity index (χ1v) is 7.10. The third-order valence-corrected chi connectivity index (χ3v) is 2.79. The quantitative estimate of drug-likeness (QED) is 0.517. The van der Waals surface area contributed by atoms with Gasteiger partial charge in [-0.2, -0.15) is 0 Å². The molecule has 130 valence electrons. The molecule has 0 saturated heterocycles. The van der Waals surface area contributed by atoms with Gasteiger partial charge < -0.3 is 30.6 Å². The Morgan fingerprint density at radius 1 is 1.08 bits per heavy atom. The van der Waals surface area contributed by atoms with Crippen LogP contribution in [0.25, 0.3) is 0 Å². The van der Waals surface area contributed by atoms with Gasteiger partial charge in [0.2, 0.25) is 11.8 Å². The Kier molecular flexibility index (Phi) is 7.76. The molecule has 1 aromatic carbocycles. The van der Waals surface area contributed by atoms with Crippen molar-refractivity contribution in [1.29, 1.82) is 0 Å². The summed E-state index contributed by atoms with van der Waals surface area (Å²) in [6.45, 7) is 0.413. The number of amides is 3. The fourth-order valence-electron chi connectivity index (χ4n) is 1.56. The lowest BCUT2D eigenvalue weighted by Gasteiger charge is -2.14. The molecule has 0 aliphatic rings. The number of carboxylic acid groups (broad SMARTS) is 1. The molecule has 0 spiro atoms. The van der Waals surface area contributed by atoms with Crippen LogP contribution in [0.4, 0.5) is 4.79 Å². The molecule has 9 nitrogen and oxygen atoms in total. The second-order valence-corrected chi connectivity index (χ2v) is 4.79. The van der Waals surface area contributed by atoms with Gasteiger partial charge in [-0.15, -0.1) is 0 Å². The number of carbonyl (C=O) groups is 4. The number of nitrogens with one attached hydrogen (secondary N) is 3. The van der Waals surface area contributed by atoms with Crippen molar-refractivity contribution in [3.8, 4) is 0 Å². The Bertz CT molecular complexity index is 590. The van der Waals surface area contributed by atoms with Gasteiger partial charge in [-0.05, 0) is 12.5 Å². The predicted molar refractivity (Wildman–Crippen MR) is 80.3 cm³/mol. The summed E-state index contributed by atoms with van der Waals surface area (Å²) in [5.41, 5.74) is 0.800. The Morgan fingerprint density at radius 3 is 2.38 bits per heavy atom. The number of alkyl carbamates (subject to hydrolysis) is 1. The predicted octanol–water partition coefficient (Wildman–Crippen LogP) is -1.72. The zero-order chi connectivity index (χ0) is 17.9. The van der Waals surface area contributed by atoms with E-state index in [1.165, 1.54) is 6.92 Å². The fraction of sp³-hybridized carbons (Fsp3) is 0.333. The van der Waals surface area contributed by atoms with E-state index in [4.69, 9.17) is 4.74 Å². The van der Waals surface area contributed by atoms with Crippen molar-refractivity contribution in [3.05, 3.63) is 35.9 Å². The Hall–Kier alpha value is -3.10. The van der Waals surface area contributed by atoms with E-state index in [9.17, 15) is 24.3 Å². The minimum absolute atomic E-state index is 0.0621. The molecule has 0 aliphatic heterocycles. The zero-order valence-electron chi connectivity index (χ0n) is 13.0. The Balaban J connectivity index is 2.26. The molecule has 3 N–H and O–H groups in total. The second-order valence-electron chi connectivity index (χ2n) is 4.79. The summed E-state index contributed by atoms with van der Waals surface area (Å²) in [6.07, 6.45) is -0.775. The largest absolute Gasteiger partial charge is 0.548 e. The minimum atomic E-state index is -1.44. The van der Waals surface area contributed by atoms with E-state index in [-0.39, 0.29) is 6.61 Å². The molecular weight excluding hydrogens is 318 g/mol. The highest BCUT2D eigenvalue weighted by atomic mass is 16.5. The third-order valence-electron chi connectivity index (χ3n) is 2.79. The summed E-state index contributed by atoms with van der Waals surface area (Å²) in [4.78, 5) is 44.7. The molecule has 0 aromatic heterocycles. The van der Waals surface area contributed by atoms with Crippen LogP contribution < -0.4 is 21.1 Å². The normalized spacial score (nSPS) is 11.0. The molecule has 0 aliphatic carbocycles. The molecule has 0 heterocycles.